The quantitative estimate of drug-likeness (QED) is 0.515. The van der Waals surface area contributed by atoms with E-state index >= 15 is 0 Å². The molecule has 1 aliphatic rings. The van der Waals surface area contributed by atoms with Gasteiger partial charge in [0.15, 0.2) is 0 Å². The topological polar surface area (TPSA) is 67.9 Å². The number of hydrogen-bond acceptors (Lipinski definition) is 5. The lowest BCUT2D eigenvalue weighted by atomic mass is 9.97. The van der Waals surface area contributed by atoms with Gasteiger partial charge in [0.25, 0.3) is 11.8 Å². The van der Waals surface area contributed by atoms with Gasteiger partial charge < -0.3 is 14.8 Å². The molecule has 0 bridgehead atoms. The summed E-state index contributed by atoms with van der Waals surface area (Å²) in [6, 6.07) is 20.0. The van der Waals surface area contributed by atoms with E-state index < -0.39 is 5.91 Å². The maximum Gasteiger partial charge on any atom is 0.282 e. The van der Waals surface area contributed by atoms with Crippen molar-refractivity contribution < 1.29 is 19.1 Å². The van der Waals surface area contributed by atoms with E-state index in [9.17, 15) is 9.59 Å². The van der Waals surface area contributed by atoms with Crippen molar-refractivity contribution in [1.29, 1.82) is 0 Å². The van der Waals surface area contributed by atoms with Crippen molar-refractivity contribution in [1.82, 2.24) is 0 Å². The van der Waals surface area contributed by atoms with Gasteiger partial charge in [0.2, 0.25) is 0 Å². The van der Waals surface area contributed by atoms with Crippen LogP contribution in [-0.4, -0.2) is 25.5 Å². The van der Waals surface area contributed by atoms with Gasteiger partial charge in [-0.15, -0.1) is 0 Å². The van der Waals surface area contributed by atoms with Gasteiger partial charge in [-0.3, -0.25) is 9.59 Å². The van der Waals surface area contributed by atoms with Crippen molar-refractivity contribution in [3.63, 3.8) is 0 Å². The molecule has 0 saturated heterocycles. The Balaban J connectivity index is 1.80. The predicted molar refractivity (Wildman–Crippen MR) is 130 cm³/mol. The van der Waals surface area contributed by atoms with Crippen LogP contribution in [-0.2, 0) is 9.59 Å². The molecule has 0 atom stereocenters. The van der Waals surface area contributed by atoms with E-state index in [2.05, 4.69) is 5.32 Å². The van der Waals surface area contributed by atoms with E-state index in [0.29, 0.717) is 35.1 Å². The maximum absolute atomic E-state index is 13.6. The number of rotatable bonds is 7. The van der Waals surface area contributed by atoms with E-state index in [0.717, 1.165) is 16.7 Å². The Morgan fingerprint density at radius 2 is 1.64 bits per heavy atom. The summed E-state index contributed by atoms with van der Waals surface area (Å²) in [5.41, 5.74) is 4.43. The molecule has 0 aromatic heterocycles. The molecule has 1 heterocycles. The molecule has 1 N–H and O–H groups in total. The van der Waals surface area contributed by atoms with E-state index in [1.807, 2.05) is 57.2 Å². The van der Waals surface area contributed by atoms with Crippen molar-refractivity contribution in [2.75, 3.05) is 23.9 Å². The highest BCUT2D eigenvalue weighted by Gasteiger charge is 2.40. The largest absolute Gasteiger partial charge is 0.497 e. The van der Waals surface area contributed by atoms with Crippen LogP contribution in [0.4, 0.5) is 11.4 Å². The molecule has 1 aliphatic heterocycles. The summed E-state index contributed by atoms with van der Waals surface area (Å²) in [7, 11) is 1.58. The second kappa shape index (κ2) is 9.20. The van der Waals surface area contributed by atoms with E-state index in [4.69, 9.17) is 9.47 Å². The molecule has 0 radical (unpaired) electrons. The smallest absolute Gasteiger partial charge is 0.282 e. The average Bonchev–Trinajstić information content (AvgIpc) is 3.04. The molecule has 6 heteroatoms. The molecule has 0 unspecified atom stereocenters. The number of carbonyl (C=O) groups excluding carboxylic acids is 2. The fourth-order valence-electron chi connectivity index (χ4n) is 3.93. The van der Waals surface area contributed by atoms with Gasteiger partial charge >= 0.3 is 0 Å². The number of hydrogen-bond donors (Lipinski definition) is 1. The van der Waals surface area contributed by atoms with Gasteiger partial charge in [0.05, 0.1) is 25.0 Å². The lowest BCUT2D eigenvalue weighted by molar-refractivity contribution is -0.120. The normalized spacial score (nSPS) is 13.5. The van der Waals surface area contributed by atoms with Gasteiger partial charge in [0.1, 0.15) is 17.2 Å². The number of amides is 2. The van der Waals surface area contributed by atoms with E-state index in [1.54, 1.807) is 37.4 Å². The minimum absolute atomic E-state index is 0.231. The Labute approximate surface area is 193 Å². The summed E-state index contributed by atoms with van der Waals surface area (Å²) >= 11 is 0. The summed E-state index contributed by atoms with van der Waals surface area (Å²) in [5.74, 6) is 0.537. The minimum Gasteiger partial charge on any atom is -0.497 e. The predicted octanol–water partition coefficient (Wildman–Crippen LogP) is 5.11. The number of aryl methyl sites for hydroxylation is 2. The lowest BCUT2D eigenvalue weighted by Gasteiger charge is -2.16. The van der Waals surface area contributed by atoms with Crippen LogP contribution in [0.15, 0.2) is 72.4 Å². The van der Waals surface area contributed by atoms with Crippen molar-refractivity contribution >= 4 is 28.8 Å². The Bertz CT molecular complexity index is 1250. The summed E-state index contributed by atoms with van der Waals surface area (Å²) in [6.07, 6.45) is 0. The number of nitrogens with zero attached hydrogens (tertiary/aromatic N) is 1. The van der Waals surface area contributed by atoms with Crippen LogP contribution in [0.3, 0.4) is 0 Å². The SMILES string of the molecule is CCOc1ccc(N2C(=O)C(Nc3cccc(OC)c3)=C(c3ccc(C)cc3C)C2=O)cc1. The van der Waals surface area contributed by atoms with Crippen LogP contribution in [0.1, 0.15) is 23.6 Å². The third kappa shape index (κ3) is 4.32. The van der Waals surface area contributed by atoms with Gasteiger partial charge in [-0.2, -0.15) is 0 Å². The molecule has 2 amide bonds. The molecule has 168 valence electrons. The van der Waals surface area contributed by atoms with Crippen LogP contribution in [0.2, 0.25) is 0 Å². The first-order chi connectivity index (χ1) is 15.9. The number of anilines is 2. The Kier molecular flexibility index (Phi) is 6.18. The van der Waals surface area contributed by atoms with Crippen LogP contribution < -0.4 is 19.7 Å². The van der Waals surface area contributed by atoms with Gasteiger partial charge in [-0.05, 0) is 68.3 Å². The summed E-state index contributed by atoms with van der Waals surface area (Å²) in [4.78, 5) is 28.4. The zero-order chi connectivity index (χ0) is 23.5. The van der Waals surface area contributed by atoms with Crippen LogP contribution >= 0.6 is 0 Å². The lowest BCUT2D eigenvalue weighted by Crippen LogP contribution is -2.32. The van der Waals surface area contributed by atoms with E-state index in [-0.39, 0.29) is 11.6 Å². The van der Waals surface area contributed by atoms with Crippen molar-refractivity contribution in [3.05, 3.63) is 89.1 Å². The molecule has 0 aliphatic carbocycles. The molecule has 3 aromatic rings. The molecular formula is C27H26N2O4. The minimum atomic E-state index is -0.415. The highest BCUT2D eigenvalue weighted by molar-refractivity contribution is 6.46. The van der Waals surface area contributed by atoms with E-state index in [1.165, 1.54) is 4.90 Å². The maximum atomic E-state index is 13.6. The molecule has 4 rings (SSSR count). The summed E-state index contributed by atoms with van der Waals surface area (Å²) in [6.45, 7) is 6.37. The number of imide groups is 1. The summed E-state index contributed by atoms with van der Waals surface area (Å²) in [5, 5.41) is 3.18. The summed E-state index contributed by atoms with van der Waals surface area (Å²) < 4.78 is 10.8. The zero-order valence-electron chi connectivity index (χ0n) is 19.1. The monoisotopic (exact) mass is 442 g/mol. The average molecular weight is 443 g/mol. The molecular weight excluding hydrogens is 416 g/mol. The van der Waals surface area contributed by atoms with Crippen LogP contribution in [0.25, 0.3) is 5.57 Å². The number of methoxy groups -OCH3 is 1. The van der Waals surface area contributed by atoms with Gasteiger partial charge in [0, 0.05) is 11.8 Å². The molecule has 6 nitrogen and oxygen atoms in total. The Hall–Kier alpha value is -4.06. The van der Waals surface area contributed by atoms with Crippen LogP contribution in [0, 0.1) is 13.8 Å². The zero-order valence-corrected chi connectivity index (χ0v) is 19.1. The molecule has 0 fully saturated rings. The van der Waals surface area contributed by atoms with Gasteiger partial charge in [-0.1, -0.05) is 29.8 Å². The molecule has 3 aromatic carbocycles. The van der Waals surface area contributed by atoms with Crippen molar-refractivity contribution in [2.45, 2.75) is 20.8 Å². The molecule has 33 heavy (non-hydrogen) atoms. The van der Waals surface area contributed by atoms with Crippen LogP contribution in [0.5, 0.6) is 11.5 Å². The first-order valence-corrected chi connectivity index (χ1v) is 10.8. The second-order valence-electron chi connectivity index (χ2n) is 7.80. The van der Waals surface area contributed by atoms with Crippen molar-refractivity contribution in [2.24, 2.45) is 0 Å². The third-order valence-electron chi connectivity index (χ3n) is 5.48. The fourth-order valence-corrected chi connectivity index (χ4v) is 3.93. The van der Waals surface area contributed by atoms with Gasteiger partial charge in [-0.25, -0.2) is 4.90 Å². The fraction of sp³-hybridized carbons (Fsp3) is 0.185. The first-order valence-electron chi connectivity index (χ1n) is 10.8. The highest BCUT2D eigenvalue weighted by atomic mass is 16.5. The highest BCUT2D eigenvalue weighted by Crippen LogP contribution is 2.36. The van der Waals surface area contributed by atoms with Crippen molar-refractivity contribution in [3.8, 4) is 11.5 Å². The number of nitrogens with one attached hydrogen (secondary N) is 1. The Morgan fingerprint density at radius 3 is 2.30 bits per heavy atom. The number of benzene rings is 3. The standard InChI is InChI=1S/C27H26N2O4/c1-5-33-21-12-10-20(11-13-21)29-26(30)24(23-14-9-17(2)15-18(23)3)25(27(29)31)28-19-7-6-8-22(16-19)32-4/h6-16,28H,5H2,1-4H3. The number of ether oxygens (including phenoxy) is 2. The molecule has 0 saturated carbocycles. The molecule has 0 spiro atoms. The third-order valence-corrected chi connectivity index (χ3v) is 5.48. The Morgan fingerprint density at radius 1 is 0.879 bits per heavy atom. The first kappa shape index (κ1) is 22.1. The number of carbonyl (C=O) groups is 2. The second-order valence-corrected chi connectivity index (χ2v) is 7.80.